The number of rotatable bonds is 0. The van der Waals surface area contributed by atoms with Crippen molar-refractivity contribution >= 4 is 0 Å². The van der Waals surface area contributed by atoms with E-state index in [0.29, 0.717) is 22.7 Å². The van der Waals surface area contributed by atoms with E-state index in [0.717, 1.165) is 12.3 Å². The topological polar surface area (TPSA) is 20.2 Å². The number of aliphatic hydroxyl groups is 1. The summed E-state index contributed by atoms with van der Waals surface area (Å²) >= 11 is 0. The van der Waals surface area contributed by atoms with Crippen molar-refractivity contribution in [2.75, 3.05) is 0 Å². The zero-order valence-corrected chi connectivity index (χ0v) is 10.8. The van der Waals surface area contributed by atoms with Crippen molar-refractivity contribution in [2.45, 2.75) is 52.6 Å². The Bertz CT molecular complexity index is 343. The predicted molar refractivity (Wildman–Crippen MR) is 66.0 cm³/mol. The fraction of sp³-hybridized carbons (Fsp3) is 0.867. The summed E-state index contributed by atoms with van der Waals surface area (Å²) in [5, 5.41) is 10.2. The van der Waals surface area contributed by atoms with Crippen LogP contribution in [0.1, 0.15) is 46.5 Å². The minimum Gasteiger partial charge on any atom is -0.393 e. The van der Waals surface area contributed by atoms with Gasteiger partial charge in [-0.2, -0.15) is 0 Å². The van der Waals surface area contributed by atoms with Crippen molar-refractivity contribution in [1.82, 2.24) is 0 Å². The molecule has 4 unspecified atom stereocenters. The van der Waals surface area contributed by atoms with Crippen LogP contribution in [0.15, 0.2) is 12.2 Å². The molecule has 1 nitrogen and oxygen atoms in total. The third-order valence-corrected chi connectivity index (χ3v) is 6.51. The fourth-order valence-corrected chi connectivity index (χ4v) is 5.03. The maximum Gasteiger partial charge on any atom is 0.0577 e. The molecule has 1 spiro atoms. The smallest absolute Gasteiger partial charge is 0.0577 e. The molecule has 1 N–H and O–H groups in total. The first-order chi connectivity index (χ1) is 7.39. The van der Waals surface area contributed by atoms with Gasteiger partial charge < -0.3 is 5.11 Å². The lowest BCUT2D eigenvalue weighted by Crippen LogP contribution is -2.40. The number of aliphatic hydroxyl groups excluding tert-OH is 1. The van der Waals surface area contributed by atoms with Gasteiger partial charge in [0.05, 0.1) is 6.10 Å². The molecule has 90 valence electrons. The van der Waals surface area contributed by atoms with Crippen LogP contribution < -0.4 is 0 Å². The van der Waals surface area contributed by atoms with Crippen LogP contribution in [0.4, 0.5) is 0 Å². The highest BCUT2D eigenvalue weighted by Crippen LogP contribution is 2.69. The Balaban J connectivity index is 2.07. The largest absolute Gasteiger partial charge is 0.393 e. The van der Waals surface area contributed by atoms with Gasteiger partial charge in [0, 0.05) is 0 Å². The van der Waals surface area contributed by atoms with Crippen molar-refractivity contribution in [1.29, 1.82) is 0 Å². The first kappa shape index (κ1) is 10.8. The summed E-state index contributed by atoms with van der Waals surface area (Å²) in [6.45, 7) is 11.4. The minimum absolute atomic E-state index is 0.0885. The Morgan fingerprint density at radius 2 is 2.06 bits per heavy atom. The maximum atomic E-state index is 10.2. The molecule has 3 aliphatic rings. The van der Waals surface area contributed by atoms with Crippen LogP contribution in [0, 0.1) is 28.6 Å². The minimum atomic E-state index is -0.0885. The molecule has 0 radical (unpaired) electrons. The SMILES string of the molecule is C=C1C2C[C@@H](O)C(C)C23CCC(C3)C1(C)C. The van der Waals surface area contributed by atoms with E-state index in [4.69, 9.17) is 0 Å². The van der Waals surface area contributed by atoms with Crippen LogP contribution in [-0.4, -0.2) is 11.2 Å². The number of hydrogen-bond acceptors (Lipinski definition) is 1. The van der Waals surface area contributed by atoms with Gasteiger partial charge in [-0.1, -0.05) is 32.9 Å². The molecule has 16 heavy (non-hydrogen) atoms. The van der Waals surface area contributed by atoms with E-state index in [-0.39, 0.29) is 6.10 Å². The zero-order valence-electron chi connectivity index (χ0n) is 10.8. The van der Waals surface area contributed by atoms with Gasteiger partial charge >= 0.3 is 0 Å². The van der Waals surface area contributed by atoms with Crippen molar-refractivity contribution < 1.29 is 5.11 Å². The molecule has 0 heterocycles. The van der Waals surface area contributed by atoms with Crippen molar-refractivity contribution in [3.63, 3.8) is 0 Å². The molecule has 0 amide bonds. The van der Waals surface area contributed by atoms with Gasteiger partial charge in [-0.25, -0.2) is 0 Å². The molecule has 0 aromatic carbocycles. The van der Waals surface area contributed by atoms with E-state index < -0.39 is 0 Å². The van der Waals surface area contributed by atoms with Crippen LogP contribution in [-0.2, 0) is 0 Å². The summed E-state index contributed by atoms with van der Waals surface area (Å²) in [4.78, 5) is 0. The third-order valence-electron chi connectivity index (χ3n) is 6.51. The molecule has 2 bridgehead atoms. The Labute approximate surface area is 98.9 Å². The molecular formula is C15H24O. The molecule has 3 fully saturated rings. The summed E-state index contributed by atoms with van der Waals surface area (Å²) in [6, 6.07) is 0. The summed E-state index contributed by atoms with van der Waals surface area (Å²) in [7, 11) is 0. The number of fused-ring (bicyclic) bond motifs is 1. The predicted octanol–water partition coefficient (Wildman–Crippen LogP) is 3.39. The maximum absolute atomic E-state index is 10.2. The van der Waals surface area contributed by atoms with E-state index in [2.05, 4.69) is 27.4 Å². The van der Waals surface area contributed by atoms with Gasteiger partial charge in [-0.3, -0.25) is 0 Å². The van der Waals surface area contributed by atoms with Gasteiger partial charge in [-0.15, -0.1) is 0 Å². The Kier molecular flexibility index (Phi) is 1.98. The summed E-state index contributed by atoms with van der Waals surface area (Å²) in [5.74, 6) is 1.88. The fourth-order valence-electron chi connectivity index (χ4n) is 5.03. The lowest BCUT2D eigenvalue weighted by molar-refractivity contribution is 0.0587. The van der Waals surface area contributed by atoms with Crippen LogP contribution >= 0.6 is 0 Å². The van der Waals surface area contributed by atoms with Crippen LogP contribution in [0.5, 0.6) is 0 Å². The molecule has 3 rings (SSSR count). The standard InChI is InChI=1S/C15H24O/c1-9-12-7-13(16)10(2)15(12)6-5-11(8-15)14(9,3)4/h10-13,16H,1,5-8H2,2-4H3/t10?,11?,12?,13-,15?/m1/s1. The molecule has 3 saturated carbocycles. The molecular weight excluding hydrogens is 196 g/mol. The molecule has 0 aromatic heterocycles. The van der Waals surface area contributed by atoms with Gasteiger partial charge in [0.2, 0.25) is 0 Å². The normalized spacial score (nSPS) is 54.1. The Hall–Kier alpha value is -0.300. The summed E-state index contributed by atoms with van der Waals surface area (Å²) in [5.41, 5.74) is 2.15. The van der Waals surface area contributed by atoms with E-state index in [1.165, 1.54) is 24.8 Å². The number of allylic oxidation sites excluding steroid dienone is 1. The lowest BCUT2D eigenvalue weighted by atomic mass is 9.56. The van der Waals surface area contributed by atoms with Gasteiger partial charge in [0.25, 0.3) is 0 Å². The van der Waals surface area contributed by atoms with Crippen LogP contribution in [0.3, 0.4) is 0 Å². The molecule has 0 aliphatic heterocycles. The van der Waals surface area contributed by atoms with E-state index in [1.54, 1.807) is 0 Å². The molecule has 5 atom stereocenters. The quantitative estimate of drug-likeness (QED) is 0.620. The second kappa shape index (κ2) is 2.93. The zero-order chi connectivity index (χ0) is 11.7. The van der Waals surface area contributed by atoms with Crippen LogP contribution in [0.25, 0.3) is 0 Å². The van der Waals surface area contributed by atoms with Gasteiger partial charge in [-0.05, 0) is 54.3 Å². The monoisotopic (exact) mass is 220 g/mol. The summed E-state index contributed by atoms with van der Waals surface area (Å²) < 4.78 is 0. The second-order valence-electron chi connectivity index (χ2n) is 7.06. The molecule has 3 aliphatic carbocycles. The van der Waals surface area contributed by atoms with Crippen molar-refractivity contribution in [2.24, 2.45) is 28.6 Å². The van der Waals surface area contributed by atoms with Gasteiger partial charge in [0.15, 0.2) is 0 Å². The van der Waals surface area contributed by atoms with E-state index >= 15 is 0 Å². The highest BCUT2D eigenvalue weighted by molar-refractivity contribution is 5.27. The first-order valence-electron chi connectivity index (χ1n) is 6.77. The lowest BCUT2D eigenvalue weighted by Gasteiger charge is -2.48. The Morgan fingerprint density at radius 1 is 1.38 bits per heavy atom. The summed E-state index contributed by atoms with van der Waals surface area (Å²) in [6.07, 6.45) is 4.88. The molecule has 0 saturated heterocycles. The van der Waals surface area contributed by atoms with E-state index in [9.17, 15) is 5.11 Å². The first-order valence-corrected chi connectivity index (χ1v) is 6.77. The van der Waals surface area contributed by atoms with Gasteiger partial charge in [0.1, 0.15) is 0 Å². The van der Waals surface area contributed by atoms with Crippen molar-refractivity contribution in [3.8, 4) is 0 Å². The third kappa shape index (κ3) is 1.01. The van der Waals surface area contributed by atoms with E-state index in [1.807, 2.05) is 0 Å². The second-order valence-corrected chi connectivity index (χ2v) is 7.06. The molecule has 1 heteroatoms. The highest BCUT2D eigenvalue weighted by Gasteiger charge is 2.63. The molecule has 0 aromatic rings. The highest BCUT2D eigenvalue weighted by atomic mass is 16.3. The average Bonchev–Trinajstić information content (AvgIpc) is 2.75. The average molecular weight is 220 g/mol. The number of hydrogen-bond donors (Lipinski definition) is 1. The Morgan fingerprint density at radius 3 is 2.75 bits per heavy atom. The van der Waals surface area contributed by atoms with Crippen molar-refractivity contribution in [3.05, 3.63) is 12.2 Å². The van der Waals surface area contributed by atoms with Crippen LogP contribution in [0.2, 0.25) is 0 Å².